The van der Waals surface area contributed by atoms with Crippen LogP contribution in [0.15, 0.2) is 42.5 Å². The van der Waals surface area contributed by atoms with Gasteiger partial charge in [0, 0.05) is 11.8 Å². The van der Waals surface area contributed by atoms with Crippen LogP contribution < -0.4 is 15.8 Å². The second-order valence-electron chi connectivity index (χ2n) is 3.90. The number of benzene rings is 2. The third-order valence-corrected chi connectivity index (χ3v) is 2.64. The maximum absolute atomic E-state index is 5.95. The molecule has 0 aliphatic rings. The average Bonchev–Trinajstić information content (AvgIpc) is 2.34. The highest BCUT2D eigenvalue weighted by Crippen LogP contribution is 2.28. The zero-order valence-electron chi connectivity index (χ0n) is 10.0. The van der Waals surface area contributed by atoms with Gasteiger partial charge >= 0.3 is 0 Å². The van der Waals surface area contributed by atoms with E-state index in [0.29, 0.717) is 0 Å². The van der Waals surface area contributed by atoms with Gasteiger partial charge in [-0.15, -0.1) is 0 Å². The zero-order valence-corrected chi connectivity index (χ0v) is 10.0. The van der Waals surface area contributed by atoms with Crippen molar-refractivity contribution in [3.8, 4) is 5.75 Å². The van der Waals surface area contributed by atoms with E-state index in [1.165, 1.54) is 0 Å². The number of nitrogen functional groups attached to an aromatic ring is 1. The molecule has 3 heteroatoms. The topological polar surface area (TPSA) is 47.3 Å². The third-order valence-electron chi connectivity index (χ3n) is 2.64. The summed E-state index contributed by atoms with van der Waals surface area (Å²) in [6.45, 7) is 2.03. The highest BCUT2D eigenvalue weighted by atomic mass is 16.5. The number of anilines is 3. The van der Waals surface area contributed by atoms with Gasteiger partial charge in [-0.3, -0.25) is 0 Å². The summed E-state index contributed by atoms with van der Waals surface area (Å²) in [5.74, 6) is 0.821. The largest absolute Gasteiger partial charge is 0.497 e. The summed E-state index contributed by atoms with van der Waals surface area (Å²) in [4.78, 5) is 0. The Bertz CT molecular complexity index is 503. The maximum Gasteiger partial charge on any atom is 0.120 e. The van der Waals surface area contributed by atoms with Gasteiger partial charge in [0.05, 0.1) is 18.5 Å². The van der Waals surface area contributed by atoms with Crippen LogP contribution in [0, 0.1) is 6.92 Å². The summed E-state index contributed by atoms with van der Waals surface area (Å²) >= 11 is 0. The molecule has 0 saturated carbocycles. The lowest BCUT2D eigenvalue weighted by molar-refractivity contribution is 0.415. The van der Waals surface area contributed by atoms with Crippen LogP contribution in [0.25, 0.3) is 0 Å². The first-order valence-corrected chi connectivity index (χ1v) is 5.47. The molecule has 0 aliphatic carbocycles. The first-order chi connectivity index (χ1) is 8.20. The van der Waals surface area contributed by atoms with Gasteiger partial charge in [0.2, 0.25) is 0 Å². The fraction of sp³-hybridized carbons (Fsp3) is 0.143. The Kier molecular flexibility index (Phi) is 3.19. The Balaban J connectivity index is 2.31. The van der Waals surface area contributed by atoms with Crippen LogP contribution in [0.1, 0.15) is 5.56 Å². The van der Waals surface area contributed by atoms with Crippen LogP contribution >= 0.6 is 0 Å². The number of nitrogens with one attached hydrogen (secondary N) is 1. The van der Waals surface area contributed by atoms with E-state index in [1.54, 1.807) is 7.11 Å². The molecule has 0 bridgehead atoms. The smallest absolute Gasteiger partial charge is 0.120 e. The molecular formula is C14H16N2O. The van der Waals surface area contributed by atoms with Gasteiger partial charge in [0.15, 0.2) is 0 Å². The molecule has 88 valence electrons. The number of ether oxygens (including phenoxy) is 1. The van der Waals surface area contributed by atoms with E-state index in [2.05, 4.69) is 5.32 Å². The van der Waals surface area contributed by atoms with Crippen LogP contribution in [0.5, 0.6) is 5.75 Å². The number of nitrogens with two attached hydrogens (primary N) is 1. The Morgan fingerprint density at radius 2 is 1.88 bits per heavy atom. The number of para-hydroxylation sites is 1. The minimum absolute atomic E-state index is 0.743. The van der Waals surface area contributed by atoms with E-state index in [4.69, 9.17) is 10.5 Å². The number of aryl methyl sites for hydroxylation is 1. The van der Waals surface area contributed by atoms with Crippen molar-refractivity contribution in [2.24, 2.45) is 0 Å². The molecule has 0 heterocycles. The van der Waals surface area contributed by atoms with Gasteiger partial charge in [-0.25, -0.2) is 0 Å². The van der Waals surface area contributed by atoms with Crippen molar-refractivity contribution in [2.45, 2.75) is 6.92 Å². The normalized spacial score (nSPS) is 10.0. The van der Waals surface area contributed by atoms with Crippen LogP contribution in [-0.4, -0.2) is 7.11 Å². The fourth-order valence-electron chi connectivity index (χ4n) is 1.71. The molecule has 0 amide bonds. The molecule has 0 aromatic heterocycles. The molecule has 0 aliphatic heterocycles. The predicted octanol–water partition coefficient (Wildman–Crippen LogP) is 3.33. The van der Waals surface area contributed by atoms with Crippen LogP contribution in [0.3, 0.4) is 0 Å². The summed E-state index contributed by atoms with van der Waals surface area (Å²) < 4.78 is 5.18. The van der Waals surface area contributed by atoms with Crippen LogP contribution in [-0.2, 0) is 0 Å². The van der Waals surface area contributed by atoms with E-state index in [-0.39, 0.29) is 0 Å². The van der Waals surface area contributed by atoms with Gasteiger partial charge in [0.1, 0.15) is 5.75 Å². The molecule has 0 spiro atoms. The summed E-state index contributed by atoms with van der Waals surface area (Å²) in [6, 6.07) is 13.6. The lowest BCUT2D eigenvalue weighted by atomic mass is 10.1. The number of rotatable bonds is 3. The maximum atomic E-state index is 5.95. The van der Waals surface area contributed by atoms with Crippen LogP contribution in [0.2, 0.25) is 0 Å². The number of hydrogen-bond donors (Lipinski definition) is 2. The molecule has 3 N–H and O–H groups in total. The van der Waals surface area contributed by atoms with E-state index in [9.17, 15) is 0 Å². The molecule has 0 atom stereocenters. The Labute approximate surface area is 101 Å². The first kappa shape index (κ1) is 11.3. The monoisotopic (exact) mass is 228 g/mol. The Morgan fingerprint density at radius 1 is 1.12 bits per heavy atom. The molecule has 3 nitrogen and oxygen atoms in total. The summed E-state index contributed by atoms with van der Waals surface area (Å²) in [7, 11) is 1.65. The van der Waals surface area contributed by atoms with Crippen LogP contribution in [0.4, 0.5) is 17.1 Å². The van der Waals surface area contributed by atoms with Crippen molar-refractivity contribution in [1.29, 1.82) is 0 Å². The lowest BCUT2D eigenvalue weighted by Crippen LogP contribution is -1.98. The van der Waals surface area contributed by atoms with E-state index < -0.39 is 0 Å². The summed E-state index contributed by atoms with van der Waals surface area (Å²) in [5, 5.41) is 3.31. The lowest BCUT2D eigenvalue weighted by Gasteiger charge is -2.12. The number of hydrogen-bond acceptors (Lipinski definition) is 3. The van der Waals surface area contributed by atoms with Gasteiger partial charge in [-0.05, 0) is 30.7 Å². The van der Waals surface area contributed by atoms with Crippen molar-refractivity contribution >= 4 is 17.1 Å². The third kappa shape index (κ3) is 2.50. The number of methoxy groups -OCH3 is 1. The van der Waals surface area contributed by atoms with Gasteiger partial charge in [-0.1, -0.05) is 18.2 Å². The van der Waals surface area contributed by atoms with Crippen molar-refractivity contribution in [1.82, 2.24) is 0 Å². The molecule has 17 heavy (non-hydrogen) atoms. The second-order valence-corrected chi connectivity index (χ2v) is 3.90. The molecule has 0 fully saturated rings. The SMILES string of the molecule is COc1cccc(Nc2c(C)cccc2N)c1. The van der Waals surface area contributed by atoms with E-state index >= 15 is 0 Å². The summed E-state index contributed by atoms with van der Waals surface area (Å²) in [6.07, 6.45) is 0. The molecule has 2 aromatic carbocycles. The molecule has 2 aromatic rings. The van der Waals surface area contributed by atoms with Gasteiger partial charge in [-0.2, -0.15) is 0 Å². The summed E-state index contributed by atoms with van der Waals surface area (Å²) in [5.41, 5.74) is 9.72. The van der Waals surface area contributed by atoms with Crippen molar-refractivity contribution in [3.05, 3.63) is 48.0 Å². The predicted molar refractivity (Wildman–Crippen MR) is 71.9 cm³/mol. The molecular weight excluding hydrogens is 212 g/mol. The molecule has 2 rings (SSSR count). The minimum atomic E-state index is 0.743. The van der Waals surface area contributed by atoms with Crippen molar-refractivity contribution < 1.29 is 4.74 Å². The van der Waals surface area contributed by atoms with E-state index in [0.717, 1.165) is 28.4 Å². The molecule has 0 saturated heterocycles. The highest BCUT2D eigenvalue weighted by Gasteiger charge is 2.03. The highest BCUT2D eigenvalue weighted by molar-refractivity contribution is 5.75. The standard InChI is InChI=1S/C14H16N2O/c1-10-5-3-8-13(15)14(10)16-11-6-4-7-12(9-11)17-2/h3-9,16H,15H2,1-2H3. The zero-order chi connectivity index (χ0) is 12.3. The second kappa shape index (κ2) is 4.78. The fourth-order valence-corrected chi connectivity index (χ4v) is 1.71. The van der Waals surface area contributed by atoms with E-state index in [1.807, 2.05) is 49.4 Å². The first-order valence-electron chi connectivity index (χ1n) is 5.47. The Hall–Kier alpha value is -2.16. The van der Waals surface area contributed by atoms with Gasteiger partial charge < -0.3 is 15.8 Å². The average molecular weight is 228 g/mol. The molecule has 0 unspecified atom stereocenters. The quantitative estimate of drug-likeness (QED) is 0.792. The van der Waals surface area contributed by atoms with Gasteiger partial charge in [0.25, 0.3) is 0 Å². The van der Waals surface area contributed by atoms with Crippen molar-refractivity contribution in [2.75, 3.05) is 18.2 Å². The Morgan fingerprint density at radius 3 is 2.59 bits per heavy atom. The molecule has 0 radical (unpaired) electrons. The van der Waals surface area contributed by atoms with Crippen molar-refractivity contribution in [3.63, 3.8) is 0 Å². The minimum Gasteiger partial charge on any atom is -0.497 e.